The van der Waals surface area contributed by atoms with Crippen LogP contribution in [0.25, 0.3) is 0 Å². The lowest BCUT2D eigenvalue weighted by molar-refractivity contribution is -0.142. The summed E-state index contributed by atoms with van der Waals surface area (Å²) in [6.07, 6.45) is -1.19. The number of imide groups is 1. The van der Waals surface area contributed by atoms with Crippen LogP contribution in [0.3, 0.4) is 0 Å². The first-order valence-corrected chi connectivity index (χ1v) is 8.73. The van der Waals surface area contributed by atoms with Crippen LogP contribution in [0.4, 0.5) is 10.5 Å². The van der Waals surface area contributed by atoms with Crippen LogP contribution in [0, 0.1) is 5.41 Å². The zero-order valence-corrected chi connectivity index (χ0v) is 17.0. The molecule has 1 aliphatic rings. The van der Waals surface area contributed by atoms with Gasteiger partial charge < -0.3 is 14.8 Å². The summed E-state index contributed by atoms with van der Waals surface area (Å²) in [5.74, 6) is -3.89. The highest BCUT2D eigenvalue weighted by atomic mass is 35.5. The quantitative estimate of drug-likeness (QED) is 0.440. The number of ether oxygens (including phenoxy) is 2. The van der Waals surface area contributed by atoms with Gasteiger partial charge in [0.2, 0.25) is 0 Å². The van der Waals surface area contributed by atoms with Crippen LogP contribution < -0.4 is 5.32 Å². The molecule has 0 radical (unpaired) electrons. The van der Waals surface area contributed by atoms with E-state index in [-0.39, 0.29) is 16.3 Å². The molecule has 154 valence electrons. The first kappa shape index (κ1) is 22.1. The monoisotopic (exact) mass is 422 g/mol. The van der Waals surface area contributed by atoms with Crippen molar-refractivity contribution < 1.29 is 33.4 Å². The van der Waals surface area contributed by atoms with Gasteiger partial charge in [0, 0.05) is 5.41 Å². The summed E-state index contributed by atoms with van der Waals surface area (Å²) in [5.41, 5.74) is -0.995. The van der Waals surface area contributed by atoms with Gasteiger partial charge in [0.05, 0.1) is 23.4 Å². The molecule has 0 saturated carbocycles. The SMILES string of the molecule is C=C1OC(=O)N(C(C(=O)Nc2cc(C(=O)OC)ccc2Cl)C(=O)C(C)(C)C)C1=O. The molecule has 1 fully saturated rings. The molecule has 1 saturated heterocycles. The smallest absolute Gasteiger partial charge is 0.423 e. The van der Waals surface area contributed by atoms with Gasteiger partial charge in [0.1, 0.15) is 0 Å². The van der Waals surface area contributed by atoms with Crippen molar-refractivity contribution in [1.29, 1.82) is 0 Å². The van der Waals surface area contributed by atoms with E-state index in [1.165, 1.54) is 46.1 Å². The van der Waals surface area contributed by atoms with E-state index >= 15 is 0 Å². The molecule has 2 rings (SSSR count). The Balaban J connectivity index is 2.45. The van der Waals surface area contributed by atoms with E-state index in [2.05, 4.69) is 21.4 Å². The molecule has 1 aromatic rings. The molecular formula is C19H19ClN2O7. The van der Waals surface area contributed by atoms with E-state index in [1.807, 2.05) is 0 Å². The second-order valence-electron chi connectivity index (χ2n) is 7.16. The highest BCUT2D eigenvalue weighted by Crippen LogP contribution is 2.28. The second kappa shape index (κ2) is 8.04. The van der Waals surface area contributed by atoms with E-state index in [1.54, 1.807) is 0 Å². The molecule has 0 bridgehead atoms. The van der Waals surface area contributed by atoms with Crippen LogP contribution >= 0.6 is 11.6 Å². The lowest BCUT2D eigenvalue weighted by Crippen LogP contribution is -2.54. The van der Waals surface area contributed by atoms with Crippen molar-refractivity contribution in [3.8, 4) is 0 Å². The average Bonchev–Trinajstić information content (AvgIpc) is 2.88. The second-order valence-corrected chi connectivity index (χ2v) is 7.57. The number of halogens is 1. The topological polar surface area (TPSA) is 119 Å². The van der Waals surface area contributed by atoms with Crippen molar-refractivity contribution in [3.05, 3.63) is 41.1 Å². The fourth-order valence-electron chi connectivity index (χ4n) is 2.47. The highest BCUT2D eigenvalue weighted by Gasteiger charge is 2.49. The number of esters is 1. The van der Waals surface area contributed by atoms with Gasteiger partial charge >= 0.3 is 12.1 Å². The Hall–Kier alpha value is -3.20. The zero-order chi connectivity index (χ0) is 22.1. The molecule has 29 heavy (non-hydrogen) atoms. The number of Topliss-reactive ketones (excluding diaryl/α,β-unsaturated/α-hetero) is 1. The molecule has 1 heterocycles. The first-order valence-electron chi connectivity index (χ1n) is 8.35. The molecule has 9 nitrogen and oxygen atoms in total. The van der Waals surface area contributed by atoms with Gasteiger partial charge in [-0.25, -0.2) is 14.5 Å². The Bertz CT molecular complexity index is 933. The number of cyclic esters (lactones) is 1. The van der Waals surface area contributed by atoms with Crippen molar-refractivity contribution >= 4 is 46.9 Å². The summed E-state index contributed by atoms with van der Waals surface area (Å²) in [4.78, 5) is 62.3. The molecule has 1 N–H and O–H groups in total. The Kier molecular flexibility index (Phi) is 6.13. The van der Waals surface area contributed by atoms with E-state index in [0.717, 1.165) is 0 Å². The minimum Gasteiger partial charge on any atom is -0.465 e. The number of nitrogens with one attached hydrogen (secondary N) is 1. The molecule has 1 aromatic carbocycles. The van der Waals surface area contributed by atoms with Crippen molar-refractivity contribution in [3.63, 3.8) is 0 Å². The van der Waals surface area contributed by atoms with Gasteiger partial charge in [-0.1, -0.05) is 32.4 Å². The van der Waals surface area contributed by atoms with Crippen LogP contribution in [0.5, 0.6) is 0 Å². The van der Waals surface area contributed by atoms with Gasteiger partial charge in [-0.2, -0.15) is 0 Å². The number of nitrogens with zero attached hydrogens (tertiary/aromatic N) is 1. The van der Waals surface area contributed by atoms with Gasteiger partial charge in [0.15, 0.2) is 17.6 Å². The average molecular weight is 423 g/mol. The number of hydrogen-bond donors (Lipinski definition) is 1. The zero-order valence-electron chi connectivity index (χ0n) is 16.2. The third-order valence-electron chi connectivity index (χ3n) is 4.00. The highest BCUT2D eigenvalue weighted by molar-refractivity contribution is 6.34. The van der Waals surface area contributed by atoms with Gasteiger partial charge in [-0.3, -0.25) is 14.4 Å². The van der Waals surface area contributed by atoms with E-state index in [0.29, 0.717) is 4.90 Å². The summed E-state index contributed by atoms with van der Waals surface area (Å²) >= 11 is 6.06. The van der Waals surface area contributed by atoms with E-state index < -0.39 is 46.9 Å². The molecule has 0 aliphatic carbocycles. The number of methoxy groups -OCH3 is 1. The van der Waals surface area contributed by atoms with Gasteiger partial charge in [0.25, 0.3) is 11.8 Å². The van der Waals surface area contributed by atoms with Crippen LogP contribution in [-0.2, 0) is 23.9 Å². The van der Waals surface area contributed by atoms with E-state index in [4.69, 9.17) is 11.6 Å². The minimum absolute atomic E-state index is 0.00915. The van der Waals surface area contributed by atoms with Gasteiger partial charge in [-0.05, 0) is 24.8 Å². The minimum atomic E-state index is -1.83. The normalized spacial score (nSPS) is 15.1. The van der Waals surface area contributed by atoms with Crippen molar-refractivity contribution in [1.82, 2.24) is 4.90 Å². The first-order chi connectivity index (χ1) is 13.4. The summed E-state index contributed by atoms with van der Waals surface area (Å²) in [5, 5.41) is 2.45. The molecule has 1 atom stereocenters. The summed E-state index contributed by atoms with van der Waals surface area (Å²) in [6, 6.07) is 2.15. The number of amides is 3. The third-order valence-corrected chi connectivity index (χ3v) is 4.33. The van der Waals surface area contributed by atoms with Crippen molar-refractivity contribution in [2.24, 2.45) is 5.41 Å². The number of hydrogen-bond acceptors (Lipinski definition) is 7. The Morgan fingerprint density at radius 1 is 1.24 bits per heavy atom. The molecule has 1 unspecified atom stereocenters. The lowest BCUT2D eigenvalue weighted by Gasteiger charge is -2.28. The molecule has 3 amide bonds. The predicted molar refractivity (Wildman–Crippen MR) is 102 cm³/mol. The van der Waals surface area contributed by atoms with Crippen LogP contribution in [0.1, 0.15) is 31.1 Å². The molecule has 1 aliphatic heterocycles. The maximum absolute atomic E-state index is 13.0. The summed E-state index contributed by atoms with van der Waals surface area (Å²) < 4.78 is 9.26. The van der Waals surface area contributed by atoms with Crippen LogP contribution in [-0.4, -0.2) is 47.7 Å². The Morgan fingerprint density at radius 3 is 2.34 bits per heavy atom. The molecule has 10 heteroatoms. The number of carbonyl (C=O) groups is 5. The number of benzene rings is 1. The number of anilines is 1. The number of ketones is 1. The van der Waals surface area contributed by atoms with Crippen LogP contribution in [0.2, 0.25) is 5.02 Å². The Morgan fingerprint density at radius 2 is 1.86 bits per heavy atom. The van der Waals surface area contributed by atoms with Crippen LogP contribution in [0.15, 0.2) is 30.5 Å². The Labute approximate surface area is 171 Å². The number of carbonyl (C=O) groups excluding carboxylic acids is 5. The lowest BCUT2D eigenvalue weighted by atomic mass is 9.85. The van der Waals surface area contributed by atoms with Gasteiger partial charge in [-0.15, -0.1) is 0 Å². The predicted octanol–water partition coefficient (Wildman–Crippen LogP) is 2.54. The fourth-order valence-corrected chi connectivity index (χ4v) is 2.63. The third kappa shape index (κ3) is 4.45. The maximum atomic E-state index is 13.0. The number of rotatable bonds is 5. The van der Waals surface area contributed by atoms with Crippen molar-refractivity contribution in [2.75, 3.05) is 12.4 Å². The molecule has 0 aromatic heterocycles. The molecule has 0 spiro atoms. The largest absolute Gasteiger partial charge is 0.465 e. The summed E-state index contributed by atoms with van der Waals surface area (Å²) in [6.45, 7) is 7.87. The fraction of sp³-hybridized carbons (Fsp3) is 0.316. The van der Waals surface area contributed by atoms with Crippen molar-refractivity contribution in [2.45, 2.75) is 26.8 Å². The maximum Gasteiger partial charge on any atom is 0.423 e. The van der Waals surface area contributed by atoms with E-state index in [9.17, 15) is 24.0 Å². The summed E-state index contributed by atoms with van der Waals surface area (Å²) in [7, 11) is 1.19. The standard InChI is InChI=1S/C19H19ClN2O7/c1-9-16(25)22(18(27)29-9)13(14(23)19(2,3)4)15(24)21-12-8-10(17(26)28-5)6-7-11(12)20/h6-8,13H,1H2,2-5H3,(H,21,24). The molecular weight excluding hydrogens is 404 g/mol.